The highest BCUT2D eigenvalue weighted by atomic mass is 16.5. The molecular formula is C15H22N2O3. The van der Waals surface area contributed by atoms with Gasteiger partial charge in [-0.1, -0.05) is 18.2 Å². The third kappa shape index (κ3) is 4.21. The lowest BCUT2D eigenvalue weighted by Gasteiger charge is -2.21. The van der Waals surface area contributed by atoms with Crippen molar-refractivity contribution in [3.8, 4) is 5.75 Å². The fraction of sp³-hybridized carbons (Fsp3) is 0.533. The maximum absolute atomic E-state index is 12.1. The molecule has 1 aromatic rings. The largest absolute Gasteiger partial charge is 0.494 e. The molecule has 1 aliphatic heterocycles. The number of hydrogen-bond acceptors (Lipinski definition) is 4. The minimum atomic E-state index is -0.404. The number of hydrogen-bond donors (Lipinski definition) is 2. The summed E-state index contributed by atoms with van der Waals surface area (Å²) in [6.45, 7) is 1.74. The van der Waals surface area contributed by atoms with Gasteiger partial charge >= 0.3 is 0 Å². The van der Waals surface area contributed by atoms with E-state index in [2.05, 4.69) is 5.32 Å². The Labute approximate surface area is 119 Å². The highest BCUT2D eigenvalue weighted by molar-refractivity contribution is 5.82. The molecule has 1 saturated heterocycles. The zero-order valence-corrected chi connectivity index (χ0v) is 11.8. The Morgan fingerprint density at radius 3 is 2.85 bits per heavy atom. The van der Waals surface area contributed by atoms with Crippen molar-refractivity contribution in [2.45, 2.75) is 25.0 Å². The molecule has 2 N–H and O–H groups in total. The van der Waals surface area contributed by atoms with E-state index >= 15 is 0 Å². The lowest BCUT2D eigenvalue weighted by atomic mass is 10.2. The molecule has 2 rings (SSSR count). The van der Waals surface area contributed by atoms with Crippen LogP contribution in [-0.4, -0.2) is 54.8 Å². The summed E-state index contributed by atoms with van der Waals surface area (Å²) in [6.07, 6.45) is 0.884. The maximum atomic E-state index is 12.1. The molecule has 0 radical (unpaired) electrons. The van der Waals surface area contributed by atoms with Gasteiger partial charge in [-0.05, 0) is 25.0 Å². The third-order valence-electron chi connectivity index (χ3n) is 3.43. The summed E-state index contributed by atoms with van der Waals surface area (Å²) in [5.41, 5.74) is 0. The number of benzene rings is 1. The second-order valence-corrected chi connectivity index (χ2v) is 5.13. The van der Waals surface area contributed by atoms with Crippen LogP contribution in [0, 0.1) is 0 Å². The van der Waals surface area contributed by atoms with Crippen LogP contribution in [-0.2, 0) is 4.79 Å². The number of aliphatic hydroxyl groups excluding tert-OH is 1. The number of carbonyl (C=O) groups is 1. The number of para-hydroxylation sites is 1. The number of nitrogens with one attached hydrogen (secondary N) is 1. The lowest BCUT2D eigenvalue weighted by Crippen LogP contribution is -2.42. The number of nitrogens with zero attached hydrogens (tertiary/aromatic N) is 1. The monoisotopic (exact) mass is 278 g/mol. The number of rotatable bonds is 6. The zero-order chi connectivity index (χ0) is 14.4. The summed E-state index contributed by atoms with van der Waals surface area (Å²) in [7, 11) is 1.79. The molecule has 2 unspecified atom stereocenters. The van der Waals surface area contributed by atoms with Crippen molar-refractivity contribution in [2.24, 2.45) is 0 Å². The topological polar surface area (TPSA) is 61.8 Å². The van der Waals surface area contributed by atoms with Crippen LogP contribution in [0.15, 0.2) is 30.3 Å². The summed E-state index contributed by atoms with van der Waals surface area (Å²) in [6, 6.07) is 9.40. The first-order valence-electron chi connectivity index (χ1n) is 7.01. The van der Waals surface area contributed by atoms with Crippen LogP contribution in [0.1, 0.15) is 12.8 Å². The number of aliphatic hydroxyl groups is 1. The van der Waals surface area contributed by atoms with Crippen molar-refractivity contribution in [2.75, 3.05) is 26.7 Å². The quantitative estimate of drug-likeness (QED) is 0.750. The minimum absolute atomic E-state index is 0.0428. The van der Waals surface area contributed by atoms with Crippen molar-refractivity contribution in [1.82, 2.24) is 10.2 Å². The van der Waals surface area contributed by atoms with E-state index in [1.54, 1.807) is 11.9 Å². The van der Waals surface area contributed by atoms with Crippen molar-refractivity contribution in [1.29, 1.82) is 0 Å². The number of likely N-dealkylation sites (N-methyl/N-ethyl adjacent to an activating group) is 1. The average Bonchev–Trinajstić information content (AvgIpc) is 2.90. The van der Waals surface area contributed by atoms with Gasteiger partial charge in [-0.25, -0.2) is 0 Å². The van der Waals surface area contributed by atoms with Crippen LogP contribution < -0.4 is 10.1 Å². The van der Waals surface area contributed by atoms with E-state index < -0.39 is 6.10 Å². The lowest BCUT2D eigenvalue weighted by molar-refractivity contribution is -0.132. The molecule has 0 aromatic heterocycles. The van der Waals surface area contributed by atoms with Crippen LogP contribution in [0.4, 0.5) is 0 Å². The second-order valence-electron chi connectivity index (χ2n) is 5.13. The number of amides is 1. The molecule has 5 nitrogen and oxygen atoms in total. The first-order chi connectivity index (χ1) is 9.66. The molecule has 0 aliphatic carbocycles. The van der Waals surface area contributed by atoms with Gasteiger partial charge in [0.2, 0.25) is 5.91 Å². The molecule has 20 heavy (non-hydrogen) atoms. The maximum Gasteiger partial charge on any atom is 0.239 e. The van der Waals surface area contributed by atoms with E-state index in [0.29, 0.717) is 26.1 Å². The number of β-amino-alcohol motifs (C(OH)–C–C–N with tert-alkyl or cyclic N) is 1. The van der Waals surface area contributed by atoms with Gasteiger partial charge in [0.05, 0.1) is 18.8 Å². The third-order valence-corrected chi connectivity index (χ3v) is 3.43. The van der Waals surface area contributed by atoms with Crippen molar-refractivity contribution >= 4 is 5.91 Å². The molecular weight excluding hydrogens is 256 g/mol. The summed E-state index contributed by atoms with van der Waals surface area (Å²) in [5, 5.41) is 12.4. The smallest absolute Gasteiger partial charge is 0.239 e. The standard InChI is InChI=1S/C15H22N2O3/c1-17(15(19)14-10-12(18)11-16-14)8-5-9-20-13-6-3-2-4-7-13/h2-4,6-7,12,14,16,18H,5,8-11H2,1H3. The average molecular weight is 278 g/mol. The molecule has 1 fully saturated rings. The van der Waals surface area contributed by atoms with Crippen LogP contribution in [0.3, 0.4) is 0 Å². The summed E-state index contributed by atoms with van der Waals surface area (Å²) in [4.78, 5) is 13.8. The fourth-order valence-corrected chi connectivity index (χ4v) is 2.29. The van der Waals surface area contributed by atoms with Gasteiger partial charge in [0.15, 0.2) is 0 Å². The number of ether oxygens (including phenoxy) is 1. The summed E-state index contributed by atoms with van der Waals surface area (Å²) in [5.74, 6) is 0.892. The van der Waals surface area contributed by atoms with Gasteiger partial charge in [-0.3, -0.25) is 4.79 Å². The van der Waals surface area contributed by atoms with Crippen LogP contribution in [0.5, 0.6) is 5.75 Å². The van der Waals surface area contributed by atoms with E-state index in [4.69, 9.17) is 4.74 Å². The highest BCUT2D eigenvalue weighted by Crippen LogP contribution is 2.10. The molecule has 0 bridgehead atoms. The Balaban J connectivity index is 1.65. The van der Waals surface area contributed by atoms with Gasteiger partial charge in [0.25, 0.3) is 0 Å². The molecule has 1 amide bonds. The van der Waals surface area contributed by atoms with Crippen LogP contribution >= 0.6 is 0 Å². The molecule has 1 aliphatic rings. The summed E-state index contributed by atoms with van der Waals surface area (Å²) < 4.78 is 5.59. The SMILES string of the molecule is CN(CCCOc1ccccc1)C(=O)C1CC(O)CN1. The Bertz CT molecular complexity index is 424. The van der Waals surface area contributed by atoms with E-state index in [1.165, 1.54) is 0 Å². The molecule has 0 saturated carbocycles. The van der Waals surface area contributed by atoms with Gasteiger partial charge < -0.3 is 20.1 Å². The predicted molar refractivity (Wildman–Crippen MR) is 76.6 cm³/mol. The van der Waals surface area contributed by atoms with E-state index in [1.807, 2.05) is 30.3 Å². The Hall–Kier alpha value is -1.59. The van der Waals surface area contributed by atoms with Crippen molar-refractivity contribution in [3.63, 3.8) is 0 Å². The van der Waals surface area contributed by atoms with E-state index in [-0.39, 0.29) is 11.9 Å². The van der Waals surface area contributed by atoms with Crippen LogP contribution in [0.25, 0.3) is 0 Å². The fourth-order valence-electron chi connectivity index (χ4n) is 2.29. The Kier molecular flexibility index (Phi) is 5.38. The predicted octanol–water partition coefficient (Wildman–Crippen LogP) is 0.637. The van der Waals surface area contributed by atoms with Gasteiger partial charge in [0, 0.05) is 20.1 Å². The second kappa shape index (κ2) is 7.26. The molecule has 2 atom stereocenters. The Morgan fingerprint density at radius 1 is 1.45 bits per heavy atom. The van der Waals surface area contributed by atoms with Crippen molar-refractivity contribution in [3.05, 3.63) is 30.3 Å². The minimum Gasteiger partial charge on any atom is -0.494 e. The molecule has 1 heterocycles. The van der Waals surface area contributed by atoms with E-state index in [0.717, 1.165) is 12.2 Å². The van der Waals surface area contributed by atoms with Gasteiger partial charge in [-0.2, -0.15) is 0 Å². The number of carbonyl (C=O) groups excluding carboxylic acids is 1. The molecule has 0 spiro atoms. The van der Waals surface area contributed by atoms with Gasteiger partial charge in [0.1, 0.15) is 5.75 Å². The normalized spacial score (nSPS) is 21.7. The zero-order valence-electron chi connectivity index (χ0n) is 11.8. The van der Waals surface area contributed by atoms with Gasteiger partial charge in [-0.15, -0.1) is 0 Å². The molecule has 5 heteroatoms. The molecule has 1 aromatic carbocycles. The Morgan fingerprint density at radius 2 is 2.20 bits per heavy atom. The highest BCUT2D eigenvalue weighted by Gasteiger charge is 2.29. The summed E-state index contributed by atoms with van der Waals surface area (Å²) >= 11 is 0. The molecule has 110 valence electrons. The first kappa shape index (κ1) is 14.8. The van der Waals surface area contributed by atoms with Crippen LogP contribution in [0.2, 0.25) is 0 Å². The van der Waals surface area contributed by atoms with Crippen molar-refractivity contribution < 1.29 is 14.6 Å². The van der Waals surface area contributed by atoms with E-state index in [9.17, 15) is 9.90 Å². The first-order valence-corrected chi connectivity index (χ1v) is 7.01.